The van der Waals surface area contributed by atoms with E-state index in [9.17, 15) is 13.2 Å². The van der Waals surface area contributed by atoms with Gasteiger partial charge in [0.05, 0.1) is 0 Å². The molecular formula is C17H14O5S. The highest BCUT2D eigenvalue weighted by molar-refractivity contribution is 7.87. The average Bonchev–Trinajstić information content (AvgIpc) is 2.50. The van der Waals surface area contributed by atoms with Crippen molar-refractivity contribution in [3.05, 3.63) is 70.1 Å². The smallest absolute Gasteiger partial charge is 0.339 e. The maximum Gasteiger partial charge on any atom is 0.339 e. The zero-order valence-electron chi connectivity index (χ0n) is 12.6. The maximum atomic E-state index is 12.5. The molecule has 0 aliphatic rings. The Labute approximate surface area is 133 Å². The molecule has 3 rings (SSSR count). The van der Waals surface area contributed by atoms with Gasteiger partial charge in [-0.25, -0.2) is 4.79 Å². The molecule has 1 heterocycles. The highest BCUT2D eigenvalue weighted by atomic mass is 32.2. The molecule has 5 nitrogen and oxygen atoms in total. The first-order chi connectivity index (χ1) is 10.8. The number of hydrogen-bond donors (Lipinski definition) is 0. The molecule has 2 aromatic carbocycles. The zero-order chi connectivity index (χ0) is 16.6. The van der Waals surface area contributed by atoms with Crippen LogP contribution in [0.1, 0.15) is 11.1 Å². The summed E-state index contributed by atoms with van der Waals surface area (Å²) in [5.41, 5.74) is 1.47. The van der Waals surface area contributed by atoms with E-state index in [1.807, 2.05) is 13.0 Å². The van der Waals surface area contributed by atoms with Crippen LogP contribution in [-0.2, 0) is 10.1 Å². The largest absolute Gasteiger partial charge is 0.423 e. The monoisotopic (exact) mass is 330 g/mol. The summed E-state index contributed by atoms with van der Waals surface area (Å²) in [5.74, 6) is 0.296. The molecule has 0 aliphatic heterocycles. The van der Waals surface area contributed by atoms with Crippen molar-refractivity contribution in [2.24, 2.45) is 0 Å². The third kappa shape index (κ3) is 3.12. The van der Waals surface area contributed by atoms with Gasteiger partial charge in [-0.3, -0.25) is 0 Å². The van der Waals surface area contributed by atoms with E-state index in [1.165, 1.54) is 30.3 Å². The van der Waals surface area contributed by atoms with Crippen LogP contribution in [-0.4, -0.2) is 8.42 Å². The molecule has 23 heavy (non-hydrogen) atoms. The van der Waals surface area contributed by atoms with Crippen LogP contribution in [0.25, 0.3) is 11.0 Å². The molecule has 6 heteroatoms. The van der Waals surface area contributed by atoms with E-state index in [0.717, 1.165) is 11.1 Å². The van der Waals surface area contributed by atoms with Crippen LogP contribution < -0.4 is 9.81 Å². The van der Waals surface area contributed by atoms with E-state index in [-0.39, 0.29) is 4.90 Å². The average molecular weight is 330 g/mol. The first-order valence-corrected chi connectivity index (χ1v) is 8.32. The van der Waals surface area contributed by atoms with E-state index >= 15 is 0 Å². The Kier molecular flexibility index (Phi) is 3.69. The number of benzene rings is 2. The van der Waals surface area contributed by atoms with E-state index in [1.54, 1.807) is 19.1 Å². The Morgan fingerprint density at radius 3 is 2.52 bits per heavy atom. The molecule has 0 amide bonds. The van der Waals surface area contributed by atoms with Crippen LogP contribution in [0.2, 0.25) is 0 Å². The minimum Gasteiger partial charge on any atom is -0.423 e. The van der Waals surface area contributed by atoms with E-state index in [0.29, 0.717) is 16.7 Å². The zero-order valence-corrected chi connectivity index (χ0v) is 13.4. The third-order valence-electron chi connectivity index (χ3n) is 3.42. The molecule has 0 unspecified atom stereocenters. The van der Waals surface area contributed by atoms with Gasteiger partial charge in [-0.05, 0) is 55.3 Å². The van der Waals surface area contributed by atoms with Crippen LogP contribution >= 0.6 is 0 Å². The number of rotatable bonds is 3. The fourth-order valence-corrected chi connectivity index (χ4v) is 3.19. The van der Waals surface area contributed by atoms with Crippen molar-refractivity contribution in [1.29, 1.82) is 0 Å². The molecule has 0 atom stereocenters. The standard InChI is InChI=1S/C17H14O5S/c1-11-3-4-12(2)16(9-11)22-23(19,20)14-6-7-15-13(10-14)5-8-17(18)21-15/h3-10H,1-2H3. The Hall–Kier alpha value is -2.60. The first-order valence-electron chi connectivity index (χ1n) is 6.91. The van der Waals surface area contributed by atoms with Gasteiger partial charge in [-0.15, -0.1) is 0 Å². The van der Waals surface area contributed by atoms with Gasteiger partial charge in [0.15, 0.2) is 0 Å². The van der Waals surface area contributed by atoms with Crippen LogP contribution in [0, 0.1) is 13.8 Å². The summed E-state index contributed by atoms with van der Waals surface area (Å²) < 4.78 is 35.2. The highest BCUT2D eigenvalue weighted by Gasteiger charge is 2.18. The van der Waals surface area contributed by atoms with Crippen molar-refractivity contribution >= 4 is 21.1 Å². The molecule has 118 valence electrons. The van der Waals surface area contributed by atoms with Gasteiger partial charge in [-0.2, -0.15) is 8.42 Å². The summed E-state index contributed by atoms with van der Waals surface area (Å²) in [5, 5.41) is 0.509. The molecule has 0 spiro atoms. The van der Waals surface area contributed by atoms with Crippen molar-refractivity contribution in [1.82, 2.24) is 0 Å². The molecular weight excluding hydrogens is 316 g/mol. The maximum absolute atomic E-state index is 12.5. The Bertz CT molecular complexity index is 1050. The van der Waals surface area contributed by atoms with Gasteiger partial charge in [0.1, 0.15) is 16.2 Å². The van der Waals surface area contributed by atoms with Gasteiger partial charge in [0.25, 0.3) is 0 Å². The predicted octanol–water partition coefficient (Wildman–Crippen LogP) is 3.18. The predicted molar refractivity (Wildman–Crippen MR) is 86.2 cm³/mol. The normalized spacial score (nSPS) is 11.6. The third-order valence-corrected chi connectivity index (χ3v) is 4.65. The number of hydrogen-bond acceptors (Lipinski definition) is 5. The van der Waals surface area contributed by atoms with Crippen LogP contribution in [0.4, 0.5) is 0 Å². The molecule has 0 radical (unpaired) electrons. The second-order valence-corrected chi connectivity index (χ2v) is 6.81. The van der Waals surface area contributed by atoms with Crippen molar-refractivity contribution in [2.45, 2.75) is 18.7 Å². The topological polar surface area (TPSA) is 73.6 Å². The SMILES string of the molecule is Cc1ccc(C)c(OS(=O)(=O)c2ccc3oc(=O)ccc3c2)c1. The fourth-order valence-electron chi connectivity index (χ4n) is 2.17. The van der Waals surface area contributed by atoms with Crippen molar-refractivity contribution < 1.29 is 17.0 Å². The minimum atomic E-state index is -3.97. The summed E-state index contributed by atoms with van der Waals surface area (Å²) >= 11 is 0. The summed E-state index contributed by atoms with van der Waals surface area (Å²) in [4.78, 5) is 11.2. The van der Waals surface area contributed by atoms with Gasteiger partial charge >= 0.3 is 15.7 Å². The van der Waals surface area contributed by atoms with Gasteiger partial charge in [0, 0.05) is 11.5 Å². The van der Waals surface area contributed by atoms with Gasteiger partial charge in [0.2, 0.25) is 0 Å². The van der Waals surface area contributed by atoms with Crippen LogP contribution in [0.3, 0.4) is 0 Å². The minimum absolute atomic E-state index is 0.000227. The van der Waals surface area contributed by atoms with E-state index in [2.05, 4.69) is 0 Å². The summed E-state index contributed by atoms with van der Waals surface area (Å²) in [7, 11) is -3.97. The molecule has 3 aromatic rings. The molecule has 0 N–H and O–H groups in total. The Balaban J connectivity index is 2.04. The molecule has 0 bridgehead atoms. The molecule has 0 saturated heterocycles. The molecule has 0 saturated carbocycles. The van der Waals surface area contributed by atoms with Gasteiger partial charge < -0.3 is 8.60 Å². The second-order valence-electron chi connectivity index (χ2n) is 5.26. The number of aryl methyl sites for hydroxylation is 2. The first kappa shape index (κ1) is 15.3. The summed E-state index contributed by atoms with van der Waals surface area (Å²) in [6, 6.07) is 12.3. The van der Waals surface area contributed by atoms with Crippen LogP contribution in [0.5, 0.6) is 5.75 Å². The quantitative estimate of drug-likeness (QED) is 0.545. The second kappa shape index (κ2) is 5.55. The van der Waals surface area contributed by atoms with Crippen LogP contribution in [0.15, 0.2) is 62.6 Å². The summed E-state index contributed by atoms with van der Waals surface area (Å²) in [6.07, 6.45) is 0. The lowest BCUT2D eigenvalue weighted by atomic mass is 10.1. The Morgan fingerprint density at radius 1 is 0.957 bits per heavy atom. The molecule has 0 aliphatic carbocycles. The molecule has 1 aromatic heterocycles. The highest BCUT2D eigenvalue weighted by Crippen LogP contribution is 2.25. The lowest BCUT2D eigenvalue weighted by Gasteiger charge is -2.10. The summed E-state index contributed by atoms with van der Waals surface area (Å²) in [6.45, 7) is 3.64. The van der Waals surface area contributed by atoms with Crippen molar-refractivity contribution in [3.8, 4) is 5.75 Å². The fraction of sp³-hybridized carbons (Fsp3) is 0.118. The lowest BCUT2D eigenvalue weighted by molar-refractivity contribution is 0.484. The van der Waals surface area contributed by atoms with Crippen molar-refractivity contribution in [2.75, 3.05) is 0 Å². The van der Waals surface area contributed by atoms with E-state index < -0.39 is 15.7 Å². The Morgan fingerprint density at radius 2 is 1.74 bits per heavy atom. The van der Waals surface area contributed by atoms with E-state index in [4.69, 9.17) is 8.60 Å². The van der Waals surface area contributed by atoms with Crippen molar-refractivity contribution in [3.63, 3.8) is 0 Å². The molecule has 0 fully saturated rings. The van der Waals surface area contributed by atoms with Gasteiger partial charge in [-0.1, -0.05) is 12.1 Å². The lowest BCUT2D eigenvalue weighted by Crippen LogP contribution is -2.10. The number of fused-ring (bicyclic) bond motifs is 1.